The molecule has 1 amide bonds. The number of likely N-dealkylation sites (tertiary alicyclic amines) is 1. The molecule has 1 atom stereocenters. The SMILES string of the molecule is COc1cccc(C(=O)N2CCC3(C2)NCc2ccccc2NC3=NC(C)(C)C)c1OC. The monoisotopic (exact) mass is 436 g/mol. The standard InChI is InChI=1S/C25H32N4O3/c1-24(2,3)28-23-25(26-15-17-9-6-7-11-19(17)27-23)13-14-29(16-25)22(30)18-10-8-12-20(31-4)21(18)32-5/h6-12,26H,13-16H2,1-5H3,(H,27,28). The van der Waals surface area contributed by atoms with Crippen LogP contribution in [-0.4, -0.2) is 55.0 Å². The second kappa shape index (κ2) is 8.47. The molecular formula is C25H32N4O3. The molecule has 2 N–H and O–H groups in total. The van der Waals surface area contributed by atoms with E-state index in [0.29, 0.717) is 36.7 Å². The van der Waals surface area contributed by atoms with Gasteiger partial charge in [0.05, 0.1) is 30.9 Å². The van der Waals surface area contributed by atoms with Gasteiger partial charge in [0.15, 0.2) is 11.5 Å². The van der Waals surface area contributed by atoms with Crippen LogP contribution in [0.5, 0.6) is 11.5 Å². The Balaban J connectivity index is 1.68. The van der Waals surface area contributed by atoms with E-state index in [9.17, 15) is 4.79 Å². The maximum absolute atomic E-state index is 13.5. The van der Waals surface area contributed by atoms with Crippen molar-refractivity contribution in [3.05, 3.63) is 53.6 Å². The number of hydrogen-bond acceptors (Lipinski definition) is 5. The maximum Gasteiger partial charge on any atom is 0.257 e. The molecule has 1 unspecified atom stereocenters. The maximum atomic E-state index is 13.5. The number of nitrogens with zero attached hydrogens (tertiary/aromatic N) is 2. The molecule has 4 rings (SSSR count). The van der Waals surface area contributed by atoms with Crippen molar-refractivity contribution in [2.24, 2.45) is 4.99 Å². The van der Waals surface area contributed by atoms with Gasteiger partial charge in [-0.15, -0.1) is 0 Å². The molecule has 1 saturated heterocycles. The van der Waals surface area contributed by atoms with E-state index in [-0.39, 0.29) is 11.4 Å². The molecule has 2 aromatic rings. The minimum atomic E-state index is -0.450. The highest BCUT2D eigenvalue weighted by Crippen LogP contribution is 2.35. The van der Waals surface area contributed by atoms with Crippen molar-refractivity contribution in [3.63, 3.8) is 0 Å². The van der Waals surface area contributed by atoms with Gasteiger partial charge in [0.2, 0.25) is 0 Å². The van der Waals surface area contributed by atoms with Crippen molar-refractivity contribution in [3.8, 4) is 11.5 Å². The van der Waals surface area contributed by atoms with Gasteiger partial charge in [-0.3, -0.25) is 15.1 Å². The first-order valence-corrected chi connectivity index (χ1v) is 11.0. The van der Waals surface area contributed by atoms with E-state index in [1.54, 1.807) is 26.4 Å². The van der Waals surface area contributed by atoms with E-state index >= 15 is 0 Å². The summed E-state index contributed by atoms with van der Waals surface area (Å²) < 4.78 is 10.9. The number of carbonyl (C=O) groups excluding carboxylic acids is 1. The number of para-hydroxylation sites is 2. The van der Waals surface area contributed by atoms with E-state index in [4.69, 9.17) is 14.5 Å². The fourth-order valence-corrected chi connectivity index (χ4v) is 4.41. The van der Waals surface area contributed by atoms with Crippen LogP contribution in [0.2, 0.25) is 0 Å². The van der Waals surface area contributed by atoms with Gasteiger partial charge in [0.1, 0.15) is 5.84 Å². The number of benzene rings is 2. The van der Waals surface area contributed by atoms with E-state index < -0.39 is 5.54 Å². The number of anilines is 1. The number of ether oxygens (including phenoxy) is 2. The Morgan fingerprint density at radius 2 is 1.88 bits per heavy atom. The molecule has 0 aromatic heterocycles. The van der Waals surface area contributed by atoms with E-state index in [1.807, 2.05) is 23.1 Å². The molecule has 0 saturated carbocycles. The Morgan fingerprint density at radius 1 is 1.09 bits per heavy atom. The summed E-state index contributed by atoms with van der Waals surface area (Å²) in [6.07, 6.45) is 0.765. The lowest BCUT2D eigenvalue weighted by atomic mass is 9.95. The molecule has 170 valence electrons. The number of aliphatic imine (C=N–C) groups is 1. The predicted molar refractivity (Wildman–Crippen MR) is 127 cm³/mol. The van der Waals surface area contributed by atoms with Crippen LogP contribution in [-0.2, 0) is 6.54 Å². The number of amidine groups is 1. The fraction of sp³-hybridized carbons (Fsp3) is 0.440. The minimum absolute atomic E-state index is 0.0729. The zero-order valence-electron chi connectivity index (χ0n) is 19.5. The fourth-order valence-electron chi connectivity index (χ4n) is 4.41. The second-order valence-corrected chi connectivity index (χ2v) is 9.37. The zero-order valence-corrected chi connectivity index (χ0v) is 19.5. The number of hydrogen-bond donors (Lipinski definition) is 2. The molecule has 0 radical (unpaired) electrons. The molecule has 2 heterocycles. The van der Waals surface area contributed by atoms with Crippen molar-refractivity contribution in [2.45, 2.75) is 44.8 Å². The normalized spacial score (nSPS) is 21.8. The van der Waals surface area contributed by atoms with Crippen LogP contribution in [0.15, 0.2) is 47.5 Å². The summed E-state index contributed by atoms with van der Waals surface area (Å²) in [5, 5.41) is 7.32. The number of rotatable bonds is 3. The molecule has 2 aliphatic heterocycles. The van der Waals surface area contributed by atoms with Crippen LogP contribution >= 0.6 is 0 Å². The third-order valence-corrected chi connectivity index (χ3v) is 5.98. The van der Waals surface area contributed by atoms with Crippen molar-refractivity contribution in [1.82, 2.24) is 10.2 Å². The Labute approximate surface area is 189 Å². The largest absolute Gasteiger partial charge is 0.493 e. The average Bonchev–Trinajstić information content (AvgIpc) is 3.15. The molecular weight excluding hydrogens is 404 g/mol. The highest BCUT2D eigenvalue weighted by Gasteiger charge is 2.46. The first-order valence-electron chi connectivity index (χ1n) is 11.0. The van der Waals surface area contributed by atoms with Gasteiger partial charge in [-0.1, -0.05) is 24.3 Å². The van der Waals surface area contributed by atoms with Crippen LogP contribution in [0.4, 0.5) is 5.69 Å². The number of fused-ring (bicyclic) bond motifs is 1. The van der Waals surface area contributed by atoms with Crippen LogP contribution in [0.1, 0.15) is 43.1 Å². The van der Waals surface area contributed by atoms with E-state index in [2.05, 4.69) is 43.5 Å². The average molecular weight is 437 g/mol. The second-order valence-electron chi connectivity index (χ2n) is 9.37. The molecule has 1 spiro atoms. The summed E-state index contributed by atoms with van der Waals surface area (Å²) in [6, 6.07) is 13.7. The lowest BCUT2D eigenvalue weighted by Crippen LogP contribution is -2.56. The zero-order chi connectivity index (χ0) is 22.9. The van der Waals surface area contributed by atoms with Gasteiger partial charge in [-0.05, 0) is 51.0 Å². The van der Waals surface area contributed by atoms with Crippen molar-refractivity contribution in [2.75, 3.05) is 32.6 Å². The molecule has 32 heavy (non-hydrogen) atoms. The summed E-state index contributed by atoms with van der Waals surface area (Å²) in [7, 11) is 3.13. The molecule has 2 aromatic carbocycles. The van der Waals surface area contributed by atoms with E-state index in [0.717, 1.165) is 17.9 Å². The summed E-state index contributed by atoms with van der Waals surface area (Å²) in [5.74, 6) is 1.81. The third-order valence-electron chi connectivity index (χ3n) is 5.98. The highest BCUT2D eigenvalue weighted by molar-refractivity contribution is 6.05. The number of nitrogens with one attached hydrogen (secondary N) is 2. The highest BCUT2D eigenvalue weighted by atomic mass is 16.5. The summed E-state index contributed by atoms with van der Waals surface area (Å²) in [6.45, 7) is 8.10. The minimum Gasteiger partial charge on any atom is -0.493 e. The number of carbonyl (C=O) groups is 1. The topological polar surface area (TPSA) is 75.2 Å². The Kier molecular flexibility index (Phi) is 5.86. The van der Waals surface area contributed by atoms with Gasteiger partial charge < -0.3 is 19.7 Å². The Bertz CT molecular complexity index is 1040. The summed E-state index contributed by atoms with van der Waals surface area (Å²) >= 11 is 0. The molecule has 0 bridgehead atoms. The lowest BCUT2D eigenvalue weighted by Gasteiger charge is -2.32. The first-order chi connectivity index (χ1) is 15.3. The molecule has 2 aliphatic rings. The van der Waals surface area contributed by atoms with Gasteiger partial charge in [0, 0.05) is 25.3 Å². The Morgan fingerprint density at radius 3 is 2.59 bits per heavy atom. The summed E-state index contributed by atoms with van der Waals surface area (Å²) in [4.78, 5) is 20.4. The van der Waals surface area contributed by atoms with Crippen LogP contribution in [0, 0.1) is 0 Å². The molecule has 0 aliphatic carbocycles. The number of amides is 1. The quantitative estimate of drug-likeness (QED) is 0.767. The molecule has 1 fully saturated rings. The van der Waals surface area contributed by atoms with Gasteiger partial charge in [-0.25, -0.2) is 0 Å². The van der Waals surface area contributed by atoms with Crippen molar-refractivity contribution >= 4 is 17.4 Å². The van der Waals surface area contributed by atoms with Gasteiger partial charge in [-0.2, -0.15) is 0 Å². The first kappa shape index (κ1) is 22.1. The van der Waals surface area contributed by atoms with E-state index in [1.165, 1.54) is 5.56 Å². The predicted octanol–water partition coefficient (Wildman–Crippen LogP) is 3.70. The van der Waals surface area contributed by atoms with Crippen molar-refractivity contribution in [1.29, 1.82) is 0 Å². The lowest BCUT2D eigenvalue weighted by molar-refractivity contribution is 0.0781. The summed E-state index contributed by atoms with van der Waals surface area (Å²) in [5.41, 5.74) is 2.03. The molecule has 7 heteroatoms. The van der Waals surface area contributed by atoms with Crippen molar-refractivity contribution < 1.29 is 14.3 Å². The third kappa shape index (κ3) is 4.17. The Hall–Kier alpha value is -3.06. The molecule has 7 nitrogen and oxygen atoms in total. The van der Waals surface area contributed by atoms with Crippen LogP contribution in [0.25, 0.3) is 0 Å². The van der Waals surface area contributed by atoms with Crippen LogP contribution < -0.4 is 20.1 Å². The van der Waals surface area contributed by atoms with Gasteiger partial charge in [0.25, 0.3) is 5.91 Å². The van der Waals surface area contributed by atoms with Crippen LogP contribution in [0.3, 0.4) is 0 Å². The van der Waals surface area contributed by atoms with Gasteiger partial charge >= 0.3 is 0 Å². The number of methoxy groups -OCH3 is 2. The smallest absolute Gasteiger partial charge is 0.257 e.